The number of amides is 1. The van der Waals surface area contributed by atoms with E-state index in [2.05, 4.69) is 15.9 Å². The molecule has 2 heterocycles. The second kappa shape index (κ2) is 6.87. The Hall–Kier alpha value is -3.33. The molecule has 0 unspecified atom stereocenters. The highest BCUT2D eigenvalue weighted by molar-refractivity contribution is 7.92. The lowest BCUT2D eigenvalue weighted by molar-refractivity contribution is -0.117. The smallest absolute Gasteiger partial charge is 0.266 e. The third kappa shape index (κ3) is 3.14. The molecule has 4 aliphatic rings. The number of anilines is 2. The number of rotatable bonds is 5. The molecule has 2 saturated carbocycles. The number of sulfonamides is 1. The summed E-state index contributed by atoms with van der Waals surface area (Å²) in [6.45, 7) is 0.767. The molecule has 1 aromatic heterocycles. The lowest BCUT2D eigenvalue weighted by atomic mass is 9.79. The van der Waals surface area contributed by atoms with Crippen molar-refractivity contribution in [1.82, 2.24) is 5.16 Å². The van der Waals surface area contributed by atoms with E-state index in [1.54, 1.807) is 18.2 Å². The van der Waals surface area contributed by atoms with Crippen LogP contribution < -0.4 is 14.4 Å². The zero-order valence-electron chi connectivity index (χ0n) is 19.3. The number of fused-ring (bicyclic) bond motifs is 4. The fourth-order valence-corrected chi connectivity index (χ4v) is 7.01. The van der Waals surface area contributed by atoms with Gasteiger partial charge < -0.3 is 14.2 Å². The molecule has 1 amide bonds. The van der Waals surface area contributed by atoms with Gasteiger partial charge in [0.2, 0.25) is 5.91 Å². The van der Waals surface area contributed by atoms with E-state index >= 15 is 0 Å². The first-order valence-electron chi connectivity index (χ1n) is 11.9. The van der Waals surface area contributed by atoms with Crippen LogP contribution in [0.25, 0.3) is 11.3 Å². The molecule has 180 valence electrons. The molecule has 3 aromatic rings. The van der Waals surface area contributed by atoms with E-state index < -0.39 is 10.0 Å². The zero-order valence-corrected chi connectivity index (χ0v) is 20.2. The molecule has 8 nitrogen and oxygen atoms in total. The SMILES string of the molecule is COc1ccccc1S(=O)(=O)Nc1noc2c1CC1(CC1)c1ccc(N3CC4(CC4)CC3=O)cc1-2. The van der Waals surface area contributed by atoms with Gasteiger partial charge in [-0.3, -0.25) is 9.52 Å². The lowest BCUT2D eigenvalue weighted by Crippen LogP contribution is -2.25. The molecule has 3 aliphatic carbocycles. The Bertz CT molecular complexity index is 1500. The summed E-state index contributed by atoms with van der Waals surface area (Å²) in [6.07, 6.45) is 5.56. The zero-order chi connectivity index (χ0) is 24.0. The van der Waals surface area contributed by atoms with Crippen LogP contribution in [0.5, 0.6) is 5.75 Å². The minimum atomic E-state index is -3.94. The van der Waals surface area contributed by atoms with Crippen molar-refractivity contribution in [2.75, 3.05) is 23.3 Å². The summed E-state index contributed by atoms with van der Waals surface area (Å²) in [5.41, 5.74) is 3.86. The predicted octanol–water partition coefficient (Wildman–Crippen LogP) is 4.26. The molecule has 0 atom stereocenters. The van der Waals surface area contributed by atoms with Crippen molar-refractivity contribution in [2.24, 2.45) is 5.41 Å². The van der Waals surface area contributed by atoms with Crippen LogP contribution in [0.4, 0.5) is 11.5 Å². The van der Waals surface area contributed by atoms with Crippen LogP contribution in [0.15, 0.2) is 51.9 Å². The molecular weight excluding hydrogens is 466 g/mol. The van der Waals surface area contributed by atoms with E-state index in [9.17, 15) is 13.2 Å². The number of nitrogens with zero attached hydrogens (tertiary/aromatic N) is 2. The highest BCUT2D eigenvalue weighted by Gasteiger charge is 2.53. The van der Waals surface area contributed by atoms with Gasteiger partial charge in [0.1, 0.15) is 10.6 Å². The monoisotopic (exact) mass is 491 g/mol. The molecule has 35 heavy (non-hydrogen) atoms. The van der Waals surface area contributed by atoms with Gasteiger partial charge in [-0.05, 0) is 67.3 Å². The van der Waals surface area contributed by atoms with Crippen LogP contribution in [-0.2, 0) is 26.7 Å². The molecule has 3 fully saturated rings. The normalized spacial score (nSPS) is 20.6. The average molecular weight is 492 g/mol. The van der Waals surface area contributed by atoms with E-state index in [1.807, 2.05) is 17.0 Å². The first-order chi connectivity index (χ1) is 16.8. The maximum absolute atomic E-state index is 13.2. The van der Waals surface area contributed by atoms with Crippen molar-refractivity contribution in [3.8, 4) is 17.1 Å². The number of para-hydroxylation sites is 1. The number of nitrogens with one attached hydrogen (secondary N) is 1. The summed E-state index contributed by atoms with van der Waals surface area (Å²) in [5, 5.41) is 4.14. The fraction of sp³-hybridized carbons (Fsp3) is 0.385. The summed E-state index contributed by atoms with van der Waals surface area (Å²) in [7, 11) is -2.50. The highest BCUT2D eigenvalue weighted by Crippen LogP contribution is 2.59. The van der Waals surface area contributed by atoms with Crippen LogP contribution in [0.2, 0.25) is 0 Å². The number of hydrogen-bond acceptors (Lipinski definition) is 6. The number of benzene rings is 2. The number of carbonyl (C=O) groups excluding carboxylic acids is 1. The van der Waals surface area contributed by atoms with Gasteiger partial charge in [0.05, 0.1) is 7.11 Å². The van der Waals surface area contributed by atoms with Gasteiger partial charge in [0.25, 0.3) is 10.0 Å². The second-order valence-corrected chi connectivity index (χ2v) is 12.1. The van der Waals surface area contributed by atoms with Crippen molar-refractivity contribution in [2.45, 2.75) is 48.8 Å². The number of methoxy groups -OCH3 is 1. The van der Waals surface area contributed by atoms with E-state index in [4.69, 9.17) is 9.26 Å². The van der Waals surface area contributed by atoms with Crippen LogP contribution >= 0.6 is 0 Å². The number of ether oxygens (including phenoxy) is 1. The quantitative estimate of drug-likeness (QED) is 0.572. The summed E-state index contributed by atoms with van der Waals surface area (Å²) < 4.78 is 40.0. The Morgan fingerprint density at radius 1 is 1.09 bits per heavy atom. The van der Waals surface area contributed by atoms with Gasteiger partial charge in [-0.2, -0.15) is 0 Å². The van der Waals surface area contributed by atoms with Crippen LogP contribution in [0.3, 0.4) is 0 Å². The molecule has 1 N–H and O–H groups in total. The topological polar surface area (TPSA) is 102 Å². The number of hydrogen-bond donors (Lipinski definition) is 1. The molecule has 9 heteroatoms. The molecule has 0 bridgehead atoms. The van der Waals surface area contributed by atoms with Gasteiger partial charge in [-0.15, -0.1) is 0 Å². The van der Waals surface area contributed by atoms with Crippen LogP contribution in [-0.4, -0.2) is 33.1 Å². The van der Waals surface area contributed by atoms with Gasteiger partial charge in [-0.1, -0.05) is 23.4 Å². The summed E-state index contributed by atoms with van der Waals surface area (Å²) in [4.78, 5) is 14.7. The van der Waals surface area contributed by atoms with Crippen molar-refractivity contribution < 1.29 is 22.5 Å². The van der Waals surface area contributed by atoms with Gasteiger partial charge in [0.15, 0.2) is 11.6 Å². The Kier molecular flexibility index (Phi) is 4.12. The lowest BCUT2D eigenvalue weighted by Gasteiger charge is -2.26. The molecule has 2 aromatic carbocycles. The van der Waals surface area contributed by atoms with Crippen molar-refractivity contribution in [1.29, 1.82) is 0 Å². The Balaban J connectivity index is 1.28. The summed E-state index contributed by atoms with van der Waals surface area (Å²) >= 11 is 0. The molecule has 1 aliphatic heterocycles. The Morgan fingerprint density at radius 3 is 2.60 bits per heavy atom. The van der Waals surface area contributed by atoms with Crippen molar-refractivity contribution in [3.05, 3.63) is 53.6 Å². The second-order valence-electron chi connectivity index (χ2n) is 10.4. The van der Waals surface area contributed by atoms with E-state index in [-0.39, 0.29) is 33.2 Å². The van der Waals surface area contributed by atoms with Gasteiger partial charge in [0, 0.05) is 35.2 Å². The Morgan fingerprint density at radius 2 is 1.89 bits per heavy atom. The van der Waals surface area contributed by atoms with Gasteiger partial charge >= 0.3 is 0 Å². The first kappa shape index (κ1) is 21.0. The van der Waals surface area contributed by atoms with E-state index in [1.165, 1.54) is 18.7 Å². The minimum Gasteiger partial charge on any atom is -0.495 e. The summed E-state index contributed by atoms with van der Waals surface area (Å²) in [6, 6.07) is 12.7. The molecule has 0 radical (unpaired) electrons. The molecule has 2 spiro atoms. The largest absolute Gasteiger partial charge is 0.495 e. The molecule has 1 saturated heterocycles. The third-order valence-corrected chi connectivity index (χ3v) is 9.53. The summed E-state index contributed by atoms with van der Waals surface area (Å²) in [5.74, 6) is 1.21. The molecular formula is C26H25N3O5S. The standard InChI is InChI=1S/C26H25N3O5S/c1-33-20-4-2-3-5-21(20)35(31,32)28-24-18-13-26(10-11-26)19-7-6-16(12-17(19)23(18)34-27-24)29-15-25(8-9-25)14-22(29)30/h2-7,12H,8-11,13-15H2,1H3,(H,27,28). The van der Waals surface area contributed by atoms with Gasteiger partial charge in [-0.25, -0.2) is 8.42 Å². The highest BCUT2D eigenvalue weighted by atomic mass is 32.2. The maximum atomic E-state index is 13.2. The van der Waals surface area contributed by atoms with Crippen molar-refractivity contribution in [3.63, 3.8) is 0 Å². The maximum Gasteiger partial charge on any atom is 0.266 e. The first-order valence-corrected chi connectivity index (χ1v) is 13.4. The third-order valence-electron chi connectivity index (χ3n) is 8.16. The Labute approximate surface area is 203 Å². The molecule has 7 rings (SSSR count). The fourth-order valence-electron chi connectivity index (χ4n) is 5.81. The predicted molar refractivity (Wildman–Crippen MR) is 129 cm³/mol. The van der Waals surface area contributed by atoms with Crippen molar-refractivity contribution >= 4 is 27.4 Å². The minimum absolute atomic E-state index is 0.0379. The van der Waals surface area contributed by atoms with Crippen LogP contribution in [0, 0.1) is 5.41 Å². The van der Waals surface area contributed by atoms with Crippen LogP contribution in [0.1, 0.15) is 43.2 Å². The number of aromatic nitrogens is 1. The average Bonchev–Trinajstić information content (AvgIpc) is 3.73. The van der Waals surface area contributed by atoms with E-state index in [0.29, 0.717) is 18.6 Å². The number of carbonyl (C=O) groups is 1. The van der Waals surface area contributed by atoms with E-state index in [0.717, 1.165) is 49.0 Å².